The highest BCUT2D eigenvalue weighted by atomic mass is 79.9. The van der Waals surface area contributed by atoms with Gasteiger partial charge < -0.3 is 0 Å². The fraction of sp³-hybridized carbons (Fsp3) is 0.143. The van der Waals surface area contributed by atoms with Crippen LogP contribution in [-0.4, -0.2) is 0 Å². The highest BCUT2D eigenvalue weighted by Crippen LogP contribution is 2.36. The standard InChI is InChI=1S/C7H4Br3Cl/c1-3-6(10)4(8)2-5(9)7(3)11/h2H,1H3. The molecule has 11 heavy (non-hydrogen) atoms. The van der Waals surface area contributed by atoms with Crippen LogP contribution in [0, 0.1) is 6.92 Å². The van der Waals surface area contributed by atoms with E-state index in [1.54, 1.807) is 0 Å². The third-order valence-electron chi connectivity index (χ3n) is 1.33. The minimum absolute atomic E-state index is 0.750. The molecule has 1 aromatic carbocycles. The van der Waals surface area contributed by atoms with E-state index in [2.05, 4.69) is 47.8 Å². The summed E-state index contributed by atoms with van der Waals surface area (Å²) in [6, 6.07) is 1.92. The van der Waals surface area contributed by atoms with E-state index in [4.69, 9.17) is 11.6 Å². The summed E-state index contributed by atoms with van der Waals surface area (Å²) in [5, 5.41) is 0.750. The first-order valence-electron chi connectivity index (χ1n) is 2.83. The number of hydrogen-bond acceptors (Lipinski definition) is 0. The summed E-state index contributed by atoms with van der Waals surface area (Å²) in [5.74, 6) is 0. The molecule has 0 nitrogen and oxygen atoms in total. The molecule has 0 radical (unpaired) electrons. The van der Waals surface area contributed by atoms with Crippen molar-refractivity contribution >= 4 is 59.4 Å². The zero-order valence-electron chi connectivity index (χ0n) is 5.59. The van der Waals surface area contributed by atoms with Gasteiger partial charge in [0, 0.05) is 13.4 Å². The molecule has 0 fully saturated rings. The maximum Gasteiger partial charge on any atom is 0.0589 e. The molecule has 0 aliphatic heterocycles. The Morgan fingerprint density at radius 3 is 2.27 bits per heavy atom. The lowest BCUT2D eigenvalue weighted by molar-refractivity contribution is 1.39. The predicted molar refractivity (Wildman–Crippen MR) is 59.3 cm³/mol. The van der Waals surface area contributed by atoms with E-state index >= 15 is 0 Å². The Balaban J connectivity index is 3.46. The van der Waals surface area contributed by atoms with Crippen LogP contribution < -0.4 is 0 Å². The Hall–Kier alpha value is 0.950. The fourth-order valence-corrected chi connectivity index (χ4v) is 2.63. The normalized spacial score (nSPS) is 10.3. The monoisotopic (exact) mass is 360 g/mol. The van der Waals surface area contributed by atoms with Gasteiger partial charge in [-0.25, -0.2) is 0 Å². The van der Waals surface area contributed by atoms with Crippen LogP contribution in [0.15, 0.2) is 19.5 Å². The minimum Gasteiger partial charge on any atom is -0.0828 e. The van der Waals surface area contributed by atoms with E-state index in [-0.39, 0.29) is 0 Å². The largest absolute Gasteiger partial charge is 0.0828 e. The average Bonchev–Trinajstić information content (AvgIpc) is 1.97. The van der Waals surface area contributed by atoms with Crippen molar-refractivity contribution in [2.24, 2.45) is 0 Å². The molecule has 0 atom stereocenters. The second-order valence-electron chi connectivity index (χ2n) is 2.09. The maximum absolute atomic E-state index is 5.96. The van der Waals surface area contributed by atoms with E-state index in [0.29, 0.717) is 0 Å². The van der Waals surface area contributed by atoms with Crippen molar-refractivity contribution in [1.82, 2.24) is 0 Å². The molecule has 0 saturated heterocycles. The number of rotatable bonds is 0. The molecule has 0 heterocycles. The first kappa shape index (κ1) is 10.0. The molecular weight excluding hydrogens is 359 g/mol. The Kier molecular flexibility index (Phi) is 3.44. The zero-order chi connectivity index (χ0) is 8.59. The fourth-order valence-electron chi connectivity index (χ4n) is 0.693. The van der Waals surface area contributed by atoms with Gasteiger partial charge in [0.2, 0.25) is 0 Å². The molecule has 0 aliphatic rings. The predicted octanol–water partition coefficient (Wildman–Crippen LogP) is 4.94. The van der Waals surface area contributed by atoms with Gasteiger partial charge in [-0.1, -0.05) is 11.6 Å². The maximum atomic E-state index is 5.96. The molecule has 60 valence electrons. The number of halogens is 4. The quantitative estimate of drug-likeness (QED) is 0.573. The molecule has 0 N–H and O–H groups in total. The SMILES string of the molecule is Cc1c(Cl)c(Br)cc(Br)c1Br. The van der Waals surface area contributed by atoms with E-state index in [1.807, 2.05) is 13.0 Å². The molecule has 1 aromatic rings. The number of benzene rings is 1. The summed E-state index contributed by atoms with van der Waals surface area (Å²) in [7, 11) is 0. The number of hydrogen-bond donors (Lipinski definition) is 0. The van der Waals surface area contributed by atoms with Crippen LogP contribution in [0.1, 0.15) is 5.56 Å². The molecule has 4 heteroatoms. The topological polar surface area (TPSA) is 0 Å². The van der Waals surface area contributed by atoms with E-state index in [1.165, 1.54) is 0 Å². The molecular formula is C7H4Br3Cl. The van der Waals surface area contributed by atoms with Gasteiger partial charge in [-0.15, -0.1) is 0 Å². The zero-order valence-corrected chi connectivity index (χ0v) is 11.1. The first-order valence-corrected chi connectivity index (χ1v) is 5.59. The van der Waals surface area contributed by atoms with Crippen LogP contribution in [0.5, 0.6) is 0 Å². The Labute approximate surface area is 95.7 Å². The van der Waals surface area contributed by atoms with Crippen molar-refractivity contribution in [2.45, 2.75) is 6.92 Å². The third-order valence-corrected chi connectivity index (χ3v) is 4.85. The van der Waals surface area contributed by atoms with E-state index in [9.17, 15) is 0 Å². The van der Waals surface area contributed by atoms with Crippen molar-refractivity contribution in [3.8, 4) is 0 Å². The van der Waals surface area contributed by atoms with Crippen molar-refractivity contribution in [3.05, 3.63) is 30.1 Å². The van der Waals surface area contributed by atoms with Crippen LogP contribution in [0.3, 0.4) is 0 Å². The summed E-state index contributed by atoms with van der Waals surface area (Å²) in [4.78, 5) is 0. The Bertz CT molecular complexity index is 270. The highest BCUT2D eigenvalue weighted by Gasteiger charge is 2.07. The first-order chi connectivity index (χ1) is 5.04. The van der Waals surface area contributed by atoms with Crippen LogP contribution in [0.2, 0.25) is 5.02 Å². The molecule has 0 amide bonds. The second kappa shape index (κ2) is 3.77. The van der Waals surface area contributed by atoms with Gasteiger partial charge in [-0.2, -0.15) is 0 Å². The Morgan fingerprint density at radius 1 is 1.18 bits per heavy atom. The molecule has 0 aliphatic carbocycles. The molecule has 0 bridgehead atoms. The highest BCUT2D eigenvalue weighted by molar-refractivity contribution is 9.13. The molecule has 0 aromatic heterocycles. The summed E-state index contributed by atoms with van der Waals surface area (Å²) in [6.07, 6.45) is 0. The Morgan fingerprint density at radius 2 is 1.73 bits per heavy atom. The van der Waals surface area contributed by atoms with Gasteiger partial charge in [-0.3, -0.25) is 0 Å². The smallest absolute Gasteiger partial charge is 0.0589 e. The van der Waals surface area contributed by atoms with Crippen molar-refractivity contribution in [3.63, 3.8) is 0 Å². The van der Waals surface area contributed by atoms with Gasteiger partial charge in [-0.05, 0) is 66.3 Å². The minimum atomic E-state index is 0.750. The summed E-state index contributed by atoms with van der Waals surface area (Å²) in [6.45, 7) is 1.96. The van der Waals surface area contributed by atoms with Gasteiger partial charge in [0.05, 0.1) is 5.02 Å². The van der Waals surface area contributed by atoms with Crippen LogP contribution in [-0.2, 0) is 0 Å². The summed E-state index contributed by atoms with van der Waals surface area (Å²) >= 11 is 16.1. The summed E-state index contributed by atoms with van der Waals surface area (Å²) < 4.78 is 2.92. The third kappa shape index (κ3) is 2.00. The lowest BCUT2D eigenvalue weighted by Crippen LogP contribution is -1.81. The van der Waals surface area contributed by atoms with Gasteiger partial charge in [0.25, 0.3) is 0 Å². The van der Waals surface area contributed by atoms with Crippen molar-refractivity contribution in [2.75, 3.05) is 0 Å². The average molecular weight is 363 g/mol. The molecule has 0 unspecified atom stereocenters. The molecule has 0 spiro atoms. The van der Waals surface area contributed by atoms with Crippen LogP contribution in [0.4, 0.5) is 0 Å². The second-order valence-corrected chi connectivity index (χ2v) is 4.97. The lowest BCUT2D eigenvalue weighted by atomic mass is 10.2. The molecule has 1 rings (SSSR count). The van der Waals surface area contributed by atoms with Gasteiger partial charge >= 0.3 is 0 Å². The lowest BCUT2D eigenvalue weighted by Gasteiger charge is -2.05. The van der Waals surface area contributed by atoms with Crippen molar-refractivity contribution in [1.29, 1.82) is 0 Å². The van der Waals surface area contributed by atoms with Gasteiger partial charge in [0.1, 0.15) is 0 Å². The van der Waals surface area contributed by atoms with Crippen LogP contribution in [0.25, 0.3) is 0 Å². The summed E-state index contributed by atoms with van der Waals surface area (Å²) in [5.41, 5.74) is 1.04. The van der Waals surface area contributed by atoms with Crippen molar-refractivity contribution < 1.29 is 0 Å². The van der Waals surface area contributed by atoms with E-state index in [0.717, 1.165) is 24.0 Å². The van der Waals surface area contributed by atoms with E-state index < -0.39 is 0 Å². The van der Waals surface area contributed by atoms with Gasteiger partial charge in [0.15, 0.2) is 0 Å². The molecule has 0 saturated carbocycles. The van der Waals surface area contributed by atoms with Crippen LogP contribution >= 0.6 is 59.4 Å².